The van der Waals surface area contributed by atoms with Crippen LogP contribution in [0.3, 0.4) is 0 Å². The fraction of sp³-hybridized carbons (Fsp3) is 0.278. The quantitative estimate of drug-likeness (QED) is 0.760. The Labute approximate surface area is 136 Å². The van der Waals surface area contributed by atoms with Crippen LogP contribution in [0.25, 0.3) is 0 Å². The summed E-state index contributed by atoms with van der Waals surface area (Å²) < 4.78 is 10.8. The first-order chi connectivity index (χ1) is 11.2. The van der Waals surface area contributed by atoms with Crippen molar-refractivity contribution in [1.29, 1.82) is 0 Å². The van der Waals surface area contributed by atoms with Crippen LogP contribution in [0.15, 0.2) is 54.6 Å². The van der Waals surface area contributed by atoms with Crippen LogP contribution in [0.5, 0.6) is 11.5 Å². The number of nitrogens with zero attached hydrogens (tertiary/aromatic N) is 1. The number of hydrogen-bond acceptors (Lipinski definition) is 4. The molecule has 0 unspecified atom stereocenters. The summed E-state index contributed by atoms with van der Waals surface area (Å²) in [6, 6.07) is 17.2. The maximum Gasteiger partial charge on any atom is 0.239 e. The van der Waals surface area contributed by atoms with Crippen LogP contribution in [-0.2, 0) is 4.79 Å². The maximum atomic E-state index is 11.9. The molecule has 2 rings (SSSR count). The second-order valence-corrected chi connectivity index (χ2v) is 5.04. The number of hydrogen-bond donors (Lipinski definition) is 1. The number of methoxy groups -OCH3 is 1. The average Bonchev–Trinajstić information content (AvgIpc) is 2.59. The van der Waals surface area contributed by atoms with Crippen LogP contribution in [0.4, 0.5) is 5.69 Å². The van der Waals surface area contributed by atoms with Gasteiger partial charge in [-0.05, 0) is 24.3 Å². The van der Waals surface area contributed by atoms with Gasteiger partial charge in [-0.15, -0.1) is 0 Å². The van der Waals surface area contributed by atoms with E-state index in [4.69, 9.17) is 9.47 Å². The summed E-state index contributed by atoms with van der Waals surface area (Å²) in [5.74, 6) is 1.31. The molecule has 0 heterocycles. The number of carbonyl (C=O) groups is 1. The second kappa shape index (κ2) is 8.68. The van der Waals surface area contributed by atoms with E-state index in [9.17, 15) is 4.79 Å². The highest BCUT2D eigenvalue weighted by Crippen LogP contribution is 2.25. The Morgan fingerprint density at radius 3 is 2.39 bits per heavy atom. The van der Waals surface area contributed by atoms with E-state index in [1.807, 2.05) is 66.5 Å². The van der Waals surface area contributed by atoms with Gasteiger partial charge in [-0.1, -0.05) is 30.3 Å². The molecule has 0 saturated heterocycles. The molecule has 1 N–H and O–H groups in total. The van der Waals surface area contributed by atoms with E-state index >= 15 is 0 Å². The lowest BCUT2D eigenvalue weighted by Crippen LogP contribution is -2.37. The Morgan fingerprint density at radius 1 is 1.04 bits per heavy atom. The third-order valence-electron chi connectivity index (χ3n) is 3.33. The lowest BCUT2D eigenvalue weighted by Gasteiger charge is -2.18. The molecule has 5 heteroatoms. The van der Waals surface area contributed by atoms with E-state index in [-0.39, 0.29) is 5.91 Å². The van der Waals surface area contributed by atoms with Crippen molar-refractivity contribution in [3.8, 4) is 11.5 Å². The van der Waals surface area contributed by atoms with Crippen molar-refractivity contribution in [3.63, 3.8) is 0 Å². The van der Waals surface area contributed by atoms with Crippen LogP contribution in [0.2, 0.25) is 0 Å². The molecular formula is C18H22N2O3. The van der Waals surface area contributed by atoms with Crippen LogP contribution < -0.4 is 19.7 Å². The average molecular weight is 314 g/mol. The molecule has 2 aromatic rings. The van der Waals surface area contributed by atoms with Gasteiger partial charge in [-0.2, -0.15) is 0 Å². The van der Waals surface area contributed by atoms with E-state index in [1.54, 1.807) is 7.11 Å². The first kappa shape index (κ1) is 16.7. The number of likely N-dealkylation sites (N-methyl/N-ethyl adjacent to an activating group) is 1. The van der Waals surface area contributed by atoms with Crippen molar-refractivity contribution < 1.29 is 14.3 Å². The number of ether oxygens (including phenoxy) is 2. The molecule has 5 nitrogen and oxygen atoms in total. The van der Waals surface area contributed by atoms with E-state index in [0.29, 0.717) is 31.2 Å². The summed E-state index contributed by atoms with van der Waals surface area (Å²) >= 11 is 0. The Balaban J connectivity index is 1.71. The first-order valence-corrected chi connectivity index (χ1v) is 7.49. The monoisotopic (exact) mass is 314 g/mol. The largest absolute Gasteiger partial charge is 0.493 e. The molecule has 0 aliphatic heterocycles. The van der Waals surface area contributed by atoms with Crippen LogP contribution >= 0.6 is 0 Å². The van der Waals surface area contributed by atoms with Crippen molar-refractivity contribution in [2.45, 2.75) is 0 Å². The number of amides is 1. The molecule has 23 heavy (non-hydrogen) atoms. The van der Waals surface area contributed by atoms with Crippen molar-refractivity contribution in [2.24, 2.45) is 0 Å². The molecule has 0 bridgehead atoms. The van der Waals surface area contributed by atoms with E-state index in [2.05, 4.69) is 5.32 Å². The highest BCUT2D eigenvalue weighted by atomic mass is 16.5. The minimum Gasteiger partial charge on any atom is -0.493 e. The Hall–Kier alpha value is -2.69. The summed E-state index contributed by atoms with van der Waals surface area (Å²) in [5.41, 5.74) is 1.01. The molecule has 0 aliphatic rings. The number of nitrogens with one attached hydrogen (secondary N) is 1. The van der Waals surface area contributed by atoms with Gasteiger partial charge in [-0.3, -0.25) is 4.79 Å². The summed E-state index contributed by atoms with van der Waals surface area (Å²) in [6.07, 6.45) is 0. The molecular weight excluding hydrogens is 292 g/mol. The van der Waals surface area contributed by atoms with Crippen molar-refractivity contribution in [1.82, 2.24) is 5.32 Å². The van der Waals surface area contributed by atoms with Crippen LogP contribution in [-0.4, -0.2) is 39.8 Å². The molecule has 0 spiro atoms. The predicted molar refractivity (Wildman–Crippen MR) is 91.2 cm³/mol. The first-order valence-electron chi connectivity index (χ1n) is 7.49. The highest BCUT2D eigenvalue weighted by Gasteiger charge is 2.07. The fourth-order valence-electron chi connectivity index (χ4n) is 2.13. The number of rotatable bonds is 8. The molecule has 122 valence electrons. The third kappa shape index (κ3) is 5.21. The van der Waals surface area contributed by atoms with E-state index in [0.717, 1.165) is 5.69 Å². The van der Waals surface area contributed by atoms with Gasteiger partial charge in [0.2, 0.25) is 5.91 Å². The zero-order valence-corrected chi connectivity index (χ0v) is 13.5. The number of carbonyl (C=O) groups excluding carboxylic acids is 1. The van der Waals surface area contributed by atoms with Crippen LogP contribution in [0, 0.1) is 0 Å². The Kier molecular flexibility index (Phi) is 6.29. The lowest BCUT2D eigenvalue weighted by molar-refractivity contribution is -0.119. The topological polar surface area (TPSA) is 50.8 Å². The van der Waals surface area contributed by atoms with Gasteiger partial charge in [0.25, 0.3) is 0 Å². The van der Waals surface area contributed by atoms with Gasteiger partial charge in [0.15, 0.2) is 11.5 Å². The zero-order valence-electron chi connectivity index (χ0n) is 13.5. The molecule has 0 aliphatic carbocycles. The number of para-hydroxylation sites is 3. The minimum atomic E-state index is -0.0417. The van der Waals surface area contributed by atoms with Gasteiger partial charge >= 0.3 is 0 Å². The summed E-state index contributed by atoms with van der Waals surface area (Å²) in [6.45, 7) is 1.14. The molecule has 0 aromatic heterocycles. The third-order valence-corrected chi connectivity index (χ3v) is 3.33. The van der Waals surface area contributed by atoms with Crippen molar-refractivity contribution in [3.05, 3.63) is 54.6 Å². The summed E-state index contributed by atoms with van der Waals surface area (Å²) in [7, 11) is 3.49. The van der Waals surface area contributed by atoms with Gasteiger partial charge in [0.1, 0.15) is 6.61 Å². The lowest BCUT2D eigenvalue weighted by atomic mass is 10.3. The summed E-state index contributed by atoms with van der Waals surface area (Å²) in [5, 5.41) is 2.84. The standard InChI is InChI=1S/C18H22N2O3/c1-20(15-8-4-3-5-9-15)14-18(21)19-12-13-23-17-11-7-6-10-16(17)22-2/h3-11H,12-14H2,1-2H3,(H,19,21). The van der Waals surface area contributed by atoms with Gasteiger partial charge in [-0.25, -0.2) is 0 Å². The highest BCUT2D eigenvalue weighted by molar-refractivity contribution is 5.81. The van der Waals surface area contributed by atoms with Gasteiger partial charge in [0, 0.05) is 12.7 Å². The minimum absolute atomic E-state index is 0.0417. The molecule has 0 atom stereocenters. The molecule has 0 fully saturated rings. The van der Waals surface area contributed by atoms with E-state index in [1.165, 1.54) is 0 Å². The van der Waals surface area contributed by atoms with Crippen molar-refractivity contribution in [2.75, 3.05) is 38.8 Å². The van der Waals surface area contributed by atoms with Crippen molar-refractivity contribution >= 4 is 11.6 Å². The zero-order chi connectivity index (χ0) is 16.5. The summed E-state index contributed by atoms with van der Waals surface area (Å²) in [4.78, 5) is 13.8. The van der Waals surface area contributed by atoms with Gasteiger partial charge < -0.3 is 19.7 Å². The number of anilines is 1. The smallest absolute Gasteiger partial charge is 0.239 e. The predicted octanol–water partition coefficient (Wildman–Crippen LogP) is 2.33. The second-order valence-electron chi connectivity index (χ2n) is 5.04. The Morgan fingerprint density at radius 2 is 1.70 bits per heavy atom. The molecule has 0 saturated carbocycles. The molecule has 2 aromatic carbocycles. The van der Waals surface area contributed by atoms with E-state index < -0.39 is 0 Å². The number of benzene rings is 2. The SMILES string of the molecule is COc1ccccc1OCCNC(=O)CN(C)c1ccccc1. The maximum absolute atomic E-state index is 11.9. The normalized spacial score (nSPS) is 10.0. The fourth-order valence-corrected chi connectivity index (χ4v) is 2.13. The van der Waals surface area contributed by atoms with Crippen LogP contribution in [0.1, 0.15) is 0 Å². The molecule has 0 radical (unpaired) electrons. The Bertz CT molecular complexity index is 617. The molecule has 1 amide bonds. The van der Waals surface area contributed by atoms with Gasteiger partial charge in [0.05, 0.1) is 20.2 Å².